The summed E-state index contributed by atoms with van der Waals surface area (Å²) in [5.74, 6) is -0.601. The Morgan fingerprint density at radius 2 is 1.71 bits per heavy atom. The minimum absolute atomic E-state index is 0.0979. The molecule has 0 saturated heterocycles. The van der Waals surface area contributed by atoms with Crippen LogP contribution in [0.1, 0.15) is 11.1 Å². The van der Waals surface area contributed by atoms with Crippen molar-refractivity contribution >= 4 is 52.5 Å². The molecule has 168 valence electrons. The van der Waals surface area contributed by atoms with Crippen LogP contribution < -0.4 is 5.32 Å². The van der Waals surface area contributed by atoms with Crippen molar-refractivity contribution in [3.63, 3.8) is 0 Å². The number of anilines is 1. The van der Waals surface area contributed by atoms with Gasteiger partial charge in [0.25, 0.3) is 5.91 Å². The number of nitrogens with one attached hydrogen (secondary N) is 1. The van der Waals surface area contributed by atoms with Crippen LogP contribution in [0.5, 0.6) is 0 Å². The van der Waals surface area contributed by atoms with Gasteiger partial charge in [0.1, 0.15) is 11.6 Å². The first-order chi connectivity index (χ1) is 16.4. The summed E-state index contributed by atoms with van der Waals surface area (Å²) >= 11 is 18.1. The number of carbonyl (C=O) groups excluding carboxylic acids is 1. The molecule has 0 radical (unpaired) electrons. The molecule has 1 aromatic heterocycles. The summed E-state index contributed by atoms with van der Waals surface area (Å²) < 4.78 is 1.76. The molecule has 1 amide bonds. The van der Waals surface area contributed by atoms with Crippen LogP contribution in [0.2, 0.25) is 15.1 Å². The Hall–Kier alpha value is -3.56. The highest BCUT2D eigenvalue weighted by Gasteiger charge is 2.16. The van der Waals surface area contributed by atoms with E-state index in [1.54, 1.807) is 23.0 Å². The van der Waals surface area contributed by atoms with E-state index in [-0.39, 0.29) is 5.57 Å². The van der Waals surface area contributed by atoms with Crippen LogP contribution in [-0.4, -0.2) is 15.7 Å². The number of nitrogens with zero attached hydrogens (tertiary/aromatic N) is 3. The normalized spacial score (nSPS) is 11.2. The van der Waals surface area contributed by atoms with Crippen molar-refractivity contribution in [1.82, 2.24) is 9.78 Å². The zero-order valence-electron chi connectivity index (χ0n) is 17.7. The summed E-state index contributed by atoms with van der Waals surface area (Å²) in [6, 6.07) is 23.7. The van der Waals surface area contributed by atoms with Crippen LogP contribution in [0.15, 0.2) is 84.6 Å². The first-order valence-corrected chi connectivity index (χ1v) is 11.3. The second-order valence-electron chi connectivity index (χ2n) is 7.37. The molecule has 34 heavy (non-hydrogen) atoms. The molecule has 8 heteroatoms. The summed E-state index contributed by atoms with van der Waals surface area (Å²) in [6.45, 7) is 0.497. The van der Waals surface area contributed by atoms with Crippen molar-refractivity contribution < 1.29 is 4.79 Å². The molecule has 0 unspecified atom stereocenters. The second-order valence-corrected chi connectivity index (χ2v) is 8.65. The molecule has 1 N–H and O–H groups in total. The second kappa shape index (κ2) is 10.6. The molecule has 0 aliphatic carbocycles. The van der Waals surface area contributed by atoms with E-state index in [0.29, 0.717) is 38.6 Å². The van der Waals surface area contributed by atoms with Crippen molar-refractivity contribution in [2.45, 2.75) is 6.54 Å². The van der Waals surface area contributed by atoms with Crippen molar-refractivity contribution in [2.24, 2.45) is 0 Å². The fourth-order valence-corrected chi connectivity index (χ4v) is 3.77. The van der Waals surface area contributed by atoms with E-state index in [2.05, 4.69) is 5.32 Å². The highest BCUT2D eigenvalue weighted by Crippen LogP contribution is 2.27. The quantitative estimate of drug-likeness (QED) is 0.223. The van der Waals surface area contributed by atoms with Gasteiger partial charge in [0.2, 0.25) is 0 Å². The smallest absolute Gasteiger partial charge is 0.266 e. The van der Waals surface area contributed by atoms with E-state index in [1.807, 2.05) is 60.7 Å². The number of hydrogen-bond acceptors (Lipinski definition) is 3. The van der Waals surface area contributed by atoms with Gasteiger partial charge in [-0.15, -0.1) is 0 Å². The summed E-state index contributed by atoms with van der Waals surface area (Å²) in [7, 11) is 0. The lowest BCUT2D eigenvalue weighted by molar-refractivity contribution is -0.112. The van der Waals surface area contributed by atoms with Crippen LogP contribution in [0.3, 0.4) is 0 Å². The van der Waals surface area contributed by atoms with Gasteiger partial charge in [-0.2, -0.15) is 10.4 Å². The lowest BCUT2D eigenvalue weighted by Gasteiger charge is -2.07. The highest BCUT2D eigenvalue weighted by atomic mass is 35.5. The van der Waals surface area contributed by atoms with Gasteiger partial charge in [-0.25, -0.2) is 0 Å². The fraction of sp³-hybridized carbons (Fsp3) is 0.0385. The Morgan fingerprint density at radius 3 is 2.41 bits per heavy atom. The van der Waals surface area contributed by atoms with E-state index in [4.69, 9.17) is 39.9 Å². The Labute approximate surface area is 211 Å². The summed E-state index contributed by atoms with van der Waals surface area (Å²) in [6.07, 6.45) is 3.31. The maximum atomic E-state index is 12.8. The number of aromatic nitrogens is 2. The minimum Gasteiger partial charge on any atom is -0.320 e. The van der Waals surface area contributed by atoms with Gasteiger partial charge in [-0.05, 0) is 42.0 Å². The maximum absolute atomic E-state index is 12.8. The van der Waals surface area contributed by atoms with Crippen molar-refractivity contribution in [1.29, 1.82) is 5.26 Å². The van der Waals surface area contributed by atoms with Gasteiger partial charge in [0.15, 0.2) is 0 Å². The topological polar surface area (TPSA) is 70.7 Å². The van der Waals surface area contributed by atoms with Gasteiger partial charge in [-0.3, -0.25) is 9.48 Å². The molecule has 0 aliphatic rings. The molecule has 0 atom stereocenters. The molecule has 5 nitrogen and oxygen atoms in total. The molecule has 1 heterocycles. The van der Waals surface area contributed by atoms with Gasteiger partial charge < -0.3 is 5.32 Å². The third-order valence-electron chi connectivity index (χ3n) is 4.94. The number of nitriles is 1. The first kappa shape index (κ1) is 23.6. The Bertz CT molecular complexity index is 1400. The van der Waals surface area contributed by atoms with Gasteiger partial charge in [0, 0.05) is 27.4 Å². The van der Waals surface area contributed by atoms with Crippen LogP contribution in [-0.2, 0) is 11.3 Å². The molecular weight excluding hydrogens is 491 g/mol. The van der Waals surface area contributed by atoms with E-state index < -0.39 is 5.91 Å². The SMILES string of the molecule is N#C/C(=C\c1cn(Cc2ccc(Cl)cc2)nc1-c1ccccc1)C(=O)Nc1cc(Cl)ccc1Cl. The number of benzene rings is 3. The van der Waals surface area contributed by atoms with Crippen LogP contribution in [0.25, 0.3) is 17.3 Å². The third kappa shape index (κ3) is 5.67. The number of amides is 1. The molecule has 3 aromatic carbocycles. The van der Waals surface area contributed by atoms with Gasteiger partial charge in [-0.1, -0.05) is 77.3 Å². The van der Waals surface area contributed by atoms with Crippen LogP contribution >= 0.6 is 34.8 Å². The van der Waals surface area contributed by atoms with Crippen LogP contribution in [0, 0.1) is 11.3 Å². The first-order valence-electron chi connectivity index (χ1n) is 10.2. The zero-order valence-corrected chi connectivity index (χ0v) is 19.9. The fourth-order valence-electron chi connectivity index (χ4n) is 3.31. The predicted octanol–water partition coefficient (Wildman–Crippen LogP) is 7.10. The average molecular weight is 508 g/mol. The lowest BCUT2D eigenvalue weighted by Crippen LogP contribution is -2.13. The standard InChI is InChI=1S/C26H17Cl3N4O/c27-21-8-6-17(7-9-21)15-33-16-20(25(32-33)18-4-2-1-3-5-18)12-19(14-30)26(34)31-24-13-22(28)10-11-23(24)29/h1-13,16H,15H2,(H,31,34)/b19-12+. The Morgan fingerprint density at radius 1 is 1.00 bits per heavy atom. The number of hydrogen-bond donors (Lipinski definition) is 1. The zero-order chi connectivity index (χ0) is 24.1. The highest BCUT2D eigenvalue weighted by molar-refractivity contribution is 6.36. The predicted molar refractivity (Wildman–Crippen MR) is 137 cm³/mol. The van der Waals surface area contributed by atoms with Crippen LogP contribution in [0.4, 0.5) is 5.69 Å². The third-order valence-corrected chi connectivity index (χ3v) is 5.75. The maximum Gasteiger partial charge on any atom is 0.266 e. The molecule has 0 bridgehead atoms. The Kier molecular flexibility index (Phi) is 7.34. The molecular formula is C26H17Cl3N4O. The molecule has 0 saturated carbocycles. The molecule has 0 aliphatic heterocycles. The molecule has 0 fully saturated rings. The van der Waals surface area contributed by atoms with Crippen molar-refractivity contribution in [3.8, 4) is 17.3 Å². The van der Waals surface area contributed by atoms with E-state index in [0.717, 1.165) is 11.1 Å². The lowest BCUT2D eigenvalue weighted by atomic mass is 10.1. The van der Waals surface area contributed by atoms with Crippen molar-refractivity contribution in [2.75, 3.05) is 5.32 Å². The summed E-state index contributed by atoms with van der Waals surface area (Å²) in [4.78, 5) is 12.8. The molecule has 4 rings (SSSR count). The monoisotopic (exact) mass is 506 g/mol. The molecule has 0 spiro atoms. The van der Waals surface area contributed by atoms with E-state index >= 15 is 0 Å². The van der Waals surface area contributed by atoms with Crippen molar-refractivity contribution in [3.05, 3.63) is 111 Å². The number of rotatable bonds is 6. The average Bonchev–Trinajstić information content (AvgIpc) is 3.24. The summed E-state index contributed by atoms with van der Waals surface area (Å²) in [5.41, 5.74) is 3.37. The van der Waals surface area contributed by atoms with E-state index in [1.165, 1.54) is 12.1 Å². The largest absolute Gasteiger partial charge is 0.320 e. The minimum atomic E-state index is -0.601. The number of halogens is 3. The van der Waals surface area contributed by atoms with Gasteiger partial charge >= 0.3 is 0 Å². The Balaban J connectivity index is 1.69. The summed E-state index contributed by atoms with van der Waals surface area (Å²) in [5, 5.41) is 18.5. The van der Waals surface area contributed by atoms with Gasteiger partial charge in [0.05, 0.1) is 22.9 Å². The van der Waals surface area contributed by atoms with E-state index in [9.17, 15) is 10.1 Å². The molecule has 4 aromatic rings. The number of carbonyl (C=O) groups is 1.